The highest BCUT2D eigenvalue weighted by Crippen LogP contribution is 2.67. The molecule has 0 fully saturated rings. The quantitative estimate of drug-likeness (QED) is 0.441. The van der Waals surface area contributed by atoms with Gasteiger partial charge in [0.2, 0.25) is 0 Å². The van der Waals surface area contributed by atoms with Crippen molar-refractivity contribution in [1.82, 2.24) is 0 Å². The van der Waals surface area contributed by atoms with Gasteiger partial charge in [0.25, 0.3) is 0 Å². The molecule has 96 valence electrons. The molecule has 0 saturated heterocycles. The molecule has 8 heteroatoms. The standard InChI is InChI=1S/C10H8S8/c1-2-12-6-5(11-1)15-9(16-6)10-17-7-8(18-10)14-4-3-13-7/h1-4H2/i9+1. The molecule has 0 radical (unpaired) electrons. The van der Waals surface area contributed by atoms with Gasteiger partial charge in [0, 0.05) is 23.0 Å². The third-order valence-corrected chi connectivity index (χ3v) is 14.4. The Morgan fingerprint density at radius 1 is 0.389 bits per heavy atom. The van der Waals surface area contributed by atoms with E-state index in [0.717, 1.165) is 0 Å². The van der Waals surface area contributed by atoms with Crippen molar-refractivity contribution in [2.45, 2.75) is 0 Å². The van der Waals surface area contributed by atoms with Crippen LogP contribution in [0, 0.1) is 0 Å². The number of hydrogen-bond acceptors (Lipinski definition) is 8. The first-order valence-electron chi connectivity index (χ1n) is 5.35. The van der Waals surface area contributed by atoms with Gasteiger partial charge in [-0.05, 0) is 0 Å². The van der Waals surface area contributed by atoms with E-state index in [0.29, 0.717) is 0 Å². The van der Waals surface area contributed by atoms with Crippen molar-refractivity contribution < 1.29 is 0 Å². The highest BCUT2D eigenvalue weighted by atomic mass is 32.3. The van der Waals surface area contributed by atoms with Crippen LogP contribution in [-0.4, -0.2) is 23.0 Å². The summed E-state index contributed by atoms with van der Waals surface area (Å²) in [5.74, 6) is 5.11. The molecule has 0 spiro atoms. The van der Waals surface area contributed by atoms with E-state index in [4.69, 9.17) is 0 Å². The van der Waals surface area contributed by atoms with Crippen LogP contribution < -0.4 is 0 Å². The Bertz CT molecular complexity index is 404. The van der Waals surface area contributed by atoms with E-state index in [1.54, 1.807) is 16.9 Å². The highest BCUT2D eigenvalue weighted by Gasteiger charge is 2.32. The molecular weight excluding hydrogens is 378 g/mol. The smallest absolute Gasteiger partial charge is 0.0717 e. The van der Waals surface area contributed by atoms with E-state index in [9.17, 15) is 0 Å². The zero-order chi connectivity index (χ0) is 11.9. The Morgan fingerprint density at radius 2 is 0.667 bits per heavy atom. The maximum absolute atomic E-state index is 2.05. The van der Waals surface area contributed by atoms with Gasteiger partial charge in [0.05, 0.1) is 25.4 Å². The van der Waals surface area contributed by atoms with E-state index >= 15 is 0 Å². The molecule has 4 rings (SSSR count). The summed E-state index contributed by atoms with van der Waals surface area (Å²) in [6.45, 7) is 0. The number of hydrogen-bond donors (Lipinski definition) is 0. The highest BCUT2D eigenvalue weighted by molar-refractivity contribution is 8.45. The van der Waals surface area contributed by atoms with Crippen LogP contribution in [0.5, 0.6) is 0 Å². The average Bonchev–Trinajstić information content (AvgIpc) is 3.02. The predicted octanol–water partition coefficient (Wildman–Crippen LogP) is 6.29. The molecule has 0 atom stereocenters. The zero-order valence-corrected chi connectivity index (χ0v) is 15.6. The van der Waals surface area contributed by atoms with Crippen molar-refractivity contribution in [2.24, 2.45) is 0 Å². The Labute approximate surface area is 141 Å². The molecule has 0 aromatic heterocycles. The van der Waals surface area contributed by atoms with Crippen LogP contribution in [-0.2, 0) is 0 Å². The molecule has 0 aromatic rings. The minimum Gasteiger partial charge on any atom is -0.116 e. The van der Waals surface area contributed by atoms with Crippen molar-refractivity contribution in [1.29, 1.82) is 0 Å². The largest absolute Gasteiger partial charge is 0.116 e. The van der Waals surface area contributed by atoms with Gasteiger partial charge >= 0.3 is 0 Å². The summed E-state index contributed by atoms with van der Waals surface area (Å²) in [6, 6.07) is 0. The molecule has 4 aliphatic heterocycles. The molecule has 0 nitrogen and oxygen atoms in total. The second-order valence-corrected chi connectivity index (χ2v) is 13.6. The fourth-order valence-corrected chi connectivity index (χ4v) is 13.8. The molecule has 0 N–H and O–H groups in total. The molecule has 0 amide bonds. The van der Waals surface area contributed by atoms with Crippen molar-refractivity contribution in [3.63, 3.8) is 0 Å². The fourth-order valence-electron chi connectivity index (χ4n) is 1.60. The normalized spacial score (nSPS) is 28.0. The van der Waals surface area contributed by atoms with Crippen LogP contribution in [0.25, 0.3) is 0 Å². The molecule has 0 unspecified atom stereocenters. The van der Waals surface area contributed by atoms with Gasteiger partial charge in [0.1, 0.15) is 0 Å². The van der Waals surface area contributed by atoms with Crippen molar-refractivity contribution in [2.75, 3.05) is 23.0 Å². The van der Waals surface area contributed by atoms with Gasteiger partial charge in [0.15, 0.2) is 0 Å². The van der Waals surface area contributed by atoms with E-state index in [-0.39, 0.29) is 0 Å². The topological polar surface area (TPSA) is 0 Å². The van der Waals surface area contributed by atoms with Crippen LogP contribution in [0.4, 0.5) is 0 Å². The molecule has 0 bridgehead atoms. The summed E-state index contributed by atoms with van der Waals surface area (Å²) in [6.07, 6.45) is 0. The lowest BCUT2D eigenvalue weighted by atomic mass is 11.0. The molecule has 4 aliphatic rings. The first-order valence-corrected chi connectivity index (χ1v) is 12.6. The maximum atomic E-state index is 2.05. The Morgan fingerprint density at radius 3 is 0.944 bits per heavy atom. The molecule has 0 aliphatic carbocycles. The molecular formula is C10H8S8. The molecule has 0 aromatic carbocycles. The van der Waals surface area contributed by atoms with Crippen LogP contribution in [0.15, 0.2) is 25.4 Å². The first-order chi connectivity index (χ1) is 8.90. The summed E-state index contributed by atoms with van der Waals surface area (Å²) in [7, 11) is 0. The van der Waals surface area contributed by atoms with Gasteiger partial charge in [-0.15, -0.1) is 47.0 Å². The summed E-state index contributed by atoms with van der Waals surface area (Å²) in [5.41, 5.74) is 0. The molecule has 4 heterocycles. The van der Waals surface area contributed by atoms with Crippen molar-refractivity contribution in [3.05, 3.63) is 25.4 Å². The fraction of sp³-hybridized carbons (Fsp3) is 0.400. The second-order valence-electron chi connectivity index (χ2n) is 3.53. The minimum absolute atomic E-state index is 1.28. The lowest BCUT2D eigenvalue weighted by Crippen LogP contribution is -1.88. The van der Waals surface area contributed by atoms with Crippen molar-refractivity contribution >= 4 is 94.1 Å². The third-order valence-electron chi connectivity index (χ3n) is 2.34. The van der Waals surface area contributed by atoms with Crippen LogP contribution in [0.1, 0.15) is 0 Å². The van der Waals surface area contributed by atoms with E-state index in [1.807, 2.05) is 94.1 Å². The SMILES string of the molecule is C1CSC2=C(S1)SC(=[13C]1SC3=C(SCCS3)S1)S2. The van der Waals surface area contributed by atoms with E-state index in [1.165, 1.54) is 31.5 Å². The van der Waals surface area contributed by atoms with Crippen molar-refractivity contribution in [3.8, 4) is 0 Å². The van der Waals surface area contributed by atoms with Crippen LogP contribution >= 0.6 is 94.1 Å². The molecule has 18 heavy (non-hydrogen) atoms. The third kappa shape index (κ3) is 2.69. The minimum atomic E-state index is 1.28. The average molecular weight is 386 g/mol. The van der Waals surface area contributed by atoms with E-state index < -0.39 is 0 Å². The summed E-state index contributed by atoms with van der Waals surface area (Å²) < 4.78 is 9.31. The van der Waals surface area contributed by atoms with Gasteiger partial charge < -0.3 is 0 Å². The van der Waals surface area contributed by atoms with E-state index in [2.05, 4.69) is 0 Å². The number of thioether (sulfide) groups is 8. The van der Waals surface area contributed by atoms with Gasteiger partial charge in [-0.2, -0.15) is 0 Å². The summed E-state index contributed by atoms with van der Waals surface area (Å²) in [4.78, 5) is 0. The second kappa shape index (κ2) is 6.02. The predicted molar refractivity (Wildman–Crippen MR) is 101 cm³/mol. The van der Waals surface area contributed by atoms with Gasteiger partial charge in [-0.1, -0.05) is 47.0 Å². The zero-order valence-electron chi connectivity index (χ0n) is 9.09. The Hall–Kier alpha value is 2.02. The Balaban J connectivity index is 1.54. The lowest BCUT2D eigenvalue weighted by molar-refractivity contribution is 1.56. The summed E-state index contributed by atoms with van der Waals surface area (Å²) >= 11 is 16.2. The monoisotopic (exact) mass is 385 g/mol. The van der Waals surface area contributed by atoms with Crippen LogP contribution in [0.3, 0.4) is 0 Å². The maximum Gasteiger partial charge on any atom is 0.0717 e. The first kappa shape index (κ1) is 13.7. The van der Waals surface area contributed by atoms with Gasteiger partial charge in [-0.3, -0.25) is 0 Å². The number of rotatable bonds is 0. The molecule has 0 saturated carbocycles. The van der Waals surface area contributed by atoms with Crippen LogP contribution in [0.2, 0.25) is 0 Å². The lowest BCUT2D eigenvalue weighted by Gasteiger charge is -2.08. The Kier molecular flexibility index (Phi) is 4.57. The summed E-state index contributed by atoms with van der Waals surface area (Å²) in [5, 5.41) is 0. The van der Waals surface area contributed by atoms with Gasteiger partial charge in [-0.25, -0.2) is 0 Å².